The first-order chi connectivity index (χ1) is 8.56. The summed E-state index contributed by atoms with van der Waals surface area (Å²) in [4.78, 5) is 16.4. The first kappa shape index (κ1) is 13.1. The molecule has 5 nitrogen and oxygen atoms in total. The maximum absolute atomic E-state index is 11.7. The number of anilines is 1. The highest BCUT2D eigenvalue weighted by atomic mass is 16.1. The topological polar surface area (TPSA) is 54.5 Å². The minimum atomic E-state index is 0.0194. The highest BCUT2D eigenvalue weighted by Gasteiger charge is 2.20. The summed E-state index contributed by atoms with van der Waals surface area (Å²) >= 11 is 0. The van der Waals surface area contributed by atoms with E-state index in [9.17, 15) is 4.79 Å². The van der Waals surface area contributed by atoms with E-state index in [1.165, 1.54) is 6.07 Å². The normalized spacial score (nSPS) is 22.2. The van der Waals surface area contributed by atoms with Crippen LogP contribution in [0.2, 0.25) is 0 Å². The lowest BCUT2D eigenvalue weighted by Gasteiger charge is -2.38. The molecule has 2 N–H and O–H groups in total. The maximum atomic E-state index is 11.7. The molecule has 0 spiro atoms. The Morgan fingerprint density at radius 1 is 1.33 bits per heavy atom. The zero-order chi connectivity index (χ0) is 13.1. The molecule has 1 fully saturated rings. The number of nitrogen functional groups attached to an aromatic ring is 1. The largest absolute Gasteiger partial charge is 0.398 e. The van der Waals surface area contributed by atoms with Crippen LogP contribution in [0.4, 0.5) is 5.69 Å². The van der Waals surface area contributed by atoms with Crippen LogP contribution in [0.25, 0.3) is 0 Å². The van der Waals surface area contributed by atoms with E-state index in [2.05, 4.69) is 23.8 Å². The van der Waals surface area contributed by atoms with E-state index in [1.54, 1.807) is 16.8 Å². The van der Waals surface area contributed by atoms with Crippen molar-refractivity contribution in [1.82, 2.24) is 14.4 Å². The molecule has 1 aliphatic rings. The molecule has 0 amide bonds. The Hall–Kier alpha value is -1.33. The van der Waals surface area contributed by atoms with Gasteiger partial charge in [0.2, 0.25) is 0 Å². The van der Waals surface area contributed by atoms with Gasteiger partial charge in [-0.2, -0.15) is 0 Å². The number of nitrogens with zero attached hydrogens (tertiary/aromatic N) is 3. The van der Waals surface area contributed by atoms with Crippen molar-refractivity contribution in [3.8, 4) is 0 Å². The minimum Gasteiger partial charge on any atom is -0.398 e. The van der Waals surface area contributed by atoms with Crippen molar-refractivity contribution in [2.24, 2.45) is 0 Å². The fourth-order valence-electron chi connectivity index (χ4n) is 2.47. The molecule has 1 saturated heterocycles. The van der Waals surface area contributed by atoms with Gasteiger partial charge in [0.15, 0.2) is 0 Å². The summed E-state index contributed by atoms with van der Waals surface area (Å²) in [6.07, 6.45) is 1.73. The van der Waals surface area contributed by atoms with Crippen molar-refractivity contribution in [2.75, 3.05) is 39.0 Å². The molecule has 0 radical (unpaired) electrons. The van der Waals surface area contributed by atoms with Gasteiger partial charge in [-0.1, -0.05) is 0 Å². The highest BCUT2D eigenvalue weighted by Crippen LogP contribution is 2.07. The van der Waals surface area contributed by atoms with Crippen LogP contribution in [0.1, 0.15) is 6.92 Å². The maximum Gasteiger partial charge on any atom is 0.250 e. The number of aromatic nitrogens is 1. The number of pyridine rings is 1. The predicted octanol–water partition coefficient (Wildman–Crippen LogP) is 0.0664. The van der Waals surface area contributed by atoms with E-state index in [-0.39, 0.29) is 5.56 Å². The van der Waals surface area contributed by atoms with Crippen LogP contribution < -0.4 is 11.3 Å². The summed E-state index contributed by atoms with van der Waals surface area (Å²) in [5, 5.41) is 0. The van der Waals surface area contributed by atoms with Crippen LogP contribution in [-0.4, -0.2) is 53.6 Å². The van der Waals surface area contributed by atoms with Gasteiger partial charge in [0.1, 0.15) is 0 Å². The Labute approximate surface area is 108 Å². The van der Waals surface area contributed by atoms with Crippen LogP contribution in [0.5, 0.6) is 0 Å². The molecule has 1 aliphatic heterocycles. The van der Waals surface area contributed by atoms with Gasteiger partial charge in [-0.05, 0) is 20.0 Å². The lowest BCUT2D eigenvalue weighted by Crippen LogP contribution is -2.51. The number of hydrogen-bond acceptors (Lipinski definition) is 4. The van der Waals surface area contributed by atoms with Gasteiger partial charge in [0.25, 0.3) is 5.56 Å². The molecular weight excluding hydrogens is 228 g/mol. The molecule has 0 bridgehead atoms. The van der Waals surface area contributed by atoms with E-state index >= 15 is 0 Å². The monoisotopic (exact) mass is 250 g/mol. The molecule has 1 aromatic heterocycles. The number of likely N-dealkylation sites (N-methyl/N-ethyl adjacent to an activating group) is 1. The van der Waals surface area contributed by atoms with Crippen molar-refractivity contribution in [1.29, 1.82) is 0 Å². The second-order valence-electron chi connectivity index (χ2n) is 5.14. The Bertz CT molecular complexity index is 457. The van der Waals surface area contributed by atoms with Gasteiger partial charge in [-0.25, -0.2) is 0 Å². The predicted molar refractivity (Wildman–Crippen MR) is 73.6 cm³/mol. The molecule has 1 atom stereocenters. The first-order valence-corrected chi connectivity index (χ1v) is 6.45. The number of piperazine rings is 1. The van der Waals surface area contributed by atoms with Crippen molar-refractivity contribution >= 4 is 5.69 Å². The van der Waals surface area contributed by atoms with Crippen molar-refractivity contribution < 1.29 is 0 Å². The Morgan fingerprint density at radius 2 is 2.11 bits per heavy atom. The van der Waals surface area contributed by atoms with Gasteiger partial charge in [0, 0.05) is 56.7 Å². The van der Waals surface area contributed by atoms with Crippen LogP contribution in [0.15, 0.2) is 23.1 Å². The highest BCUT2D eigenvalue weighted by molar-refractivity contribution is 5.33. The van der Waals surface area contributed by atoms with Crippen LogP contribution in [0, 0.1) is 0 Å². The van der Waals surface area contributed by atoms with Gasteiger partial charge in [-0.15, -0.1) is 0 Å². The quantitative estimate of drug-likeness (QED) is 0.824. The third-order valence-electron chi connectivity index (χ3n) is 3.60. The van der Waals surface area contributed by atoms with Gasteiger partial charge in [-0.3, -0.25) is 9.69 Å². The summed E-state index contributed by atoms with van der Waals surface area (Å²) in [5.41, 5.74) is 6.36. The van der Waals surface area contributed by atoms with E-state index in [0.29, 0.717) is 18.3 Å². The molecule has 18 heavy (non-hydrogen) atoms. The molecule has 1 aromatic rings. The standard InChI is InChI=1S/C13H22N4O/c1-11-9-15(2)5-6-16(11)7-8-17-10-12(14)3-4-13(17)18/h3-4,10-11H,5-9,14H2,1-2H3. The van der Waals surface area contributed by atoms with E-state index < -0.39 is 0 Å². The molecule has 1 unspecified atom stereocenters. The second-order valence-corrected chi connectivity index (χ2v) is 5.14. The van der Waals surface area contributed by atoms with Gasteiger partial charge in [0.05, 0.1) is 0 Å². The van der Waals surface area contributed by atoms with Crippen molar-refractivity contribution in [2.45, 2.75) is 19.5 Å². The summed E-state index contributed by atoms with van der Waals surface area (Å²) < 4.78 is 1.69. The summed E-state index contributed by atoms with van der Waals surface area (Å²) in [5.74, 6) is 0. The second kappa shape index (κ2) is 5.54. The zero-order valence-corrected chi connectivity index (χ0v) is 11.2. The molecule has 100 valence electrons. The molecule has 2 heterocycles. The summed E-state index contributed by atoms with van der Waals surface area (Å²) in [6, 6.07) is 3.72. The van der Waals surface area contributed by atoms with E-state index in [0.717, 1.165) is 26.2 Å². The SMILES string of the molecule is CC1CN(C)CCN1CCn1cc(N)ccc1=O. The molecule has 2 rings (SSSR count). The molecule has 0 aromatic carbocycles. The smallest absolute Gasteiger partial charge is 0.250 e. The first-order valence-electron chi connectivity index (χ1n) is 6.45. The third-order valence-corrected chi connectivity index (χ3v) is 3.60. The number of nitrogens with two attached hydrogens (primary N) is 1. The number of rotatable bonds is 3. The van der Waals surface area contributed by atoms with Crippen LogP contribution in [-0.2, 0) is 6.54 Å². The summed E-state index contributed by atoms with van der Waals surface area (Å²) in [6.45, 7) is 7.09. The molecule has 5 heteroatoms. The summed E-state index contributed by atoms with van der Waals surface area (Å²) in [7, 11) is 2.15. The lowest BCUT2D eigenvalue weighted by atomic mass is 10.2. The zero-order valence-electron chi connectivity index (χ0n) is 11.2. The Balaban J connectivity index is 1.95. The Morgan fingerprint density at radius 3 is 2.83 bits per heavy atom. The van der Waals surface area contributed by atoms with E-state index in [1.807, 2.05) is 0 Å². The fraction of sp³-hybridized carbons (Fsp3) is 0.615. The van der Waals surface area contributed by atoms with Crippen molar-refractivity contribution in [3.63, 3.8) is 0 Å². The fourth-order valence-corrected chi connectivity index (χ4v) is 2.47. The molecular formula is C13H22N4O. The Kier molecular flexibility index (Phi) is 4.04. The van der Waals surface area contributed by atoms with Gasteiger partial charge >= 0.3 is 0 Å². The average molecular weight is 250 g/mol. The van der Waals surface area contributed by atoms with Crippen molar-refractivity contribution in [3.05, 3.63) is 28.7 Å². The number of hydrogen-bond donors (Lipinski definition) is 1. The van der Waals surface area contributed by atoms with Crippen LogP contribution in [0.3, 0.4) is 0 Å². The third kappa shape index (κ3) is 3.11. The minimum absolute atomic E-state index is 0.0194. The van der Waals surface area contributed by atoms with E-state index in [4.69, 9.17) is 5.73 Å². The molecule has 0 saturated carbocycles. The van der Waals surface area contributed by atoms with Gasteiger partial charge < -0.3 is 15.2 Å². The lowest BCUT2D eigenvalue weighted by molar-refractivity contribution is 0.0966. The average Bonchev–Trinajstić information content (AvgIpc) is 2.32. The molecule has 0 aliphatic carbocycles. The van der Waals surface area contributed by atoms with Crippen LogP contribution >= 0.6 is 0 Å².